The topological polar surface area (TPSA) is 72.3 Å². The minimum Gasteiger partial charge on any atom is -0.390 e. The van der Waals surface area contributed by atoms with Crippen molar-refractivity contribution in [1.82, 2.24) is 4.59 Å². The molecule has 1 aromatic rings. The molecular formula is C10H15ClN3OS+. The molecule has 1 atom stereocenters. The fourth-order valence-corrected chi connectivity index (χ4v) is 1.99. The lowest BCUT2D eigenvalue weighted by Crippen LogP contribution is -2.64. The van der Waals surface area contributed by atoms with Crippen molar-refractivity contribution < 1.29 is 5.11 Å². The minimum atomic E-state index is -0.255. The van der Waals surface area contributed by atoms with Gasteiger partial charge in [0.15, 0.2) is 5.69 Å². The lowest BCUT2D eigenvalue weighted by Gasteiger charge is -2.30. The molecule has 0 radical (unpaired) electrons. The smallest absolute Gasteiger partial charge is 0.292 e. The first kappa shape index (κ1) is 13.3. The van der Waals surface area contributed by atoms with Crippen molar-refractivity contribution in [3.63, 3.8) is 0 Å². The first-order chi connectivity index (χ1) is 7.41. The summed E-state index contributed by atoms with van der Waals surface area (Å²) in [5.41, 5.74) is 7.26. The molecule has 6 heteroatoms. The van der Waals surface area contributed by atoms with Crippen LogP contribution >= 0.6 is 23.8 Å². The zero-order valence-corrected chi connectivity index (χ0v) is 10.6. The van der Waals surface area contributed by atoms with Crippen LogP contribution in [0.1, 0.15) is 5.56 Å². The average molecular weight is 261 g/mol. The van der Waals surface area contributed by atoms with Crippen LogP contribution in [0.25, 0.3) is 0 Å². The summed E-state index contributed by atoms with van der Waals surface area (Å²) in [6.45, 7) is 2.00. The number of nitrogens with two attached hydrogens (primary N) is 2. The largest absolute Gasteiger partial charge is 0.390 e. The molecule has 0 aliphatic rings. The van der Waals surface area contributed by atoms with Gasteiger partial charge in [0, 0.05) is 28.9 Å². The summed E-state index contributed by atoms with van der Waals surface area (Å²) in [5.74, 6) is 6.09. The van der Waals surface area contributed by atoms with Gasteiger partial charge in [0.05, 0.1) is 6.61 Å². The Kier molecular flexibility index (Phi) is 4.23. The van der Waals surface area contributed by atoms with Crippen LogP contribution < -0.4 is 16.2 Å². The van der Waals surface area contributed by atoms with E-state index in [4.69, 9.17) is 40.5 Å². The molecule has 0 bridgehead atoms. The highest BCUT2D eigenvalue weighted by Crippen LogP contribution is 2.26. The fourth-order valence-electron chi connectivity index (χ4n) is 1.57. The Hall–Kier alpha value is -0.720. The van der Waals surface area contributed by atoms with E-state index in [0.717, 1.165) is 11.3 Å². The summed E-state index contributed by atoms with van der Waals surface area (Å²) in [7, 11) is 0. The molecule has 0 aliphatic heterocycles. The fraction of sp³-hybridized carbons (Fsp3) is 0.300. The summed E-state index contributed by atoms with van der Waals surface area (Å²) in [6.07, 6.45) is 0. The van der Waals surface area contributed by atoms with Crippen LogP contribution in [0, 0.1) is 6.92 Å². The highest BCUT2D eigenvalue weighted by atomic mass is 35.5. The maximum Gasteiger partial charge on any atom is 0.292 e. The Morgan fingerprint density at radius 1 is 1.56 bits per heavy atom. The van der Waals surface area contributed by atoms with E-state index in [1.54, 1.807) is 18.2 Å². The van der Waals surface area contributed by atoms with Gasteiger partial charge in [-0.3, -0.25) is 0 Å². The van der Waals surface area contributed by atoms with E-state index in [9.17, 15) is 0 Å². The van der Waals surface area contributed by atoms with Crippen LogP contribution in [0.15, 0.2) is 18.2 Å². The number of hydrogen-bond acceptors (Lipinski definition) is 3. The third kappa shape index (κ3) is 2.50. The van der Waals surface area contributed by atoms with Gasteiger partial charge in [-0.05, 0) is 19.1 Å². The van der Waals surface area contributed by atoms with Crippen molar-refractivity contribution in [2.24, 2.45) is 11.6 Å². The van der Waals surface area contributed by atoms with Crippen LogP contribution in [-0.2, 0) is 0 Å². The second-order valence-corrected chi connectivity index (χ2v) is 4.44. The second kappa shape index (κ2) is 5.07. The number of benzene rings is 1. The molecule has 0 aliphatic carbocycles. The van der Waals surface area contributed by atoms with Crippen molar-refractivity contribution in [3.05, 3.63) is 28.8 Å². The van der Waals surface area contributed by atoms with E-state index in [1.807, 2.05) is 6.92 Å². The van der Waals surface area contributed by atoms with Gasteiger partial charge in [0.1, 0.15) is 6.54 Å². The first-order valence-electron chi connectivity index (χ1n) is 4.76. The van der Waals surface area contributed by atoms with Gasteiger partial charge in [-0.1, -0.05) is 11.6 Å². The van der Waals surface area contributed by atoms with E-state index in [1.165, 1.54) is 0 Å². The molecule has 5 N–H and O–H groups in total. The molecule has 1 rings (SSSR count). The molecule has 0 aromatic heterocycles. The van der Waals surface area contributed by atoms with E-state index >= 15 is 0 Å². The van der Waals surface area contributed by atoms with Gasteiger partial charge in [-0.25, -0.2) is 0 Å². The highest BCUT2D eigenvalue weighted by molar-refractivity contribution is 7.80. The van der Waals surface area contributed by atoms with E-state index in [2.05, 4.69) is 0 Å². The molecule has 0 spiro atoms. The monoisotopic (exact) mass is 260 g/mol. The molecule has 0 saturated heterocycles. The van der Waals surface area contributed by atoms with E-state index in [-0.39, 0.29) is 22.9 Å². The molecule has 0 heterocycles. The Balaban J connectivity index is 3.26. The van der Waals surface area contributed by atoms with Crippen LogP contribution in [-0.4, -0.2) is 23.4 Å². The number of thiocarbonyl (C=S) groups is 1. The lowest BCUT2D eigenvalue weighted by atomic mass is 10.1. The molecule has 88 valence electrons. The number of rotatable bonds is 3. The lowest BCUT2D eigenvalue weighted by molar-refractivity contribution is 0.251. The number of quaternary nitrogens is 1. The predicted molar refractivity (Wildman–Crippen MR) is 70.9 cm³/mol. The van der Waals surface area contributed by atoms with Crippen LogP contribution in [0.3, 0.4) is 0 Å². The maximum atomic E-state index is 9.02. The van der Waals surface area contributed by atoms with Gasteiger partial charge < -0.3 is 10.8 Å². The quantitative estimate of drug-likeness (QED) is 0.329. The van der Waals surface area contributed by atoms with Gasteiger partial charge in [0.2, 0.25) is 0 Å². The van der Waals surface area contributed by atoms with Crippen LogP contribution in [0.5, 0.6) is 0 Å². The average Bonchev–Trinajstić information content (AvgIpc) is 2.17. The van der Waals surface area contributed by atoms with Crippen molar-refractivity contribution in [3.8, 4) is 0 Å². The summed E-state index contributed by atoms with van der Waals surface area (Å²) in [4.78, 5) is 0. The molecule has 0 amide bonds. The van der Waals surface area contributed by atoms with Crippen molar-refractivity contribution >= 4 is 34.6 Å². The minimum absolute atomic E-state index is 0.101. The standard InChI is InChI=1S/C10H14ClN3OS/c1-7-6-8(11)2-3-9(7)14(13,4-5-15)10(12)16/h2-3,6,15H,4-5,13H2,1H3,(H-,12,16)/p+1. The Labute approximate surface area is 105 Å². The molecule has 16 heavy (non-hydrogen) atoms. The zero-order valence-electron chi connectivity index (χ0n) is 8.98. The van der Waals surface area contributed by atoms with Crippen molar-refractivity contribution in [2.75, 3.05) is 13.2 Å². The molecule has 0 saturated carbocycles. The van der Waals surface area contributed by atoms with Crippen LogP contribution in [0.4, 0.5) is 5.69 Å². The van der Waals surface area contributed by atoms with Crippen LogP contribution in [0.2, 0.25) is 5.02 Å². The Morgan fingerprint density at radius 3 is 2.62 bits per heavy atom. The predicted octanol–water partition coefficient (Wildman–Crippen LogP) is 1.07. The number of nitrogens with zero attached hydrogens (tertiary/aromatic N) is 1. The molecule has 0 fully saturated rings. The zero-order chi connectivity index (χ0) is 12.3. The summed E-state index contributed by atoms with van der Waals surface area (Å²) in [6, 6.07) is 5.28. The van der Waals surface area contributed by atoms with Gasteiger partial charge >= 0.3 is 0 Å². The summed E-state index contributed by atoms with van der Waals surface area (Å²) in [5, 5.41) is 9.76. The summed E-state index contributed by atoms with van der Waals surface area (Å²) < 4.78 is -0.255. The number of aliphatic hydroxyl groups excluding tert-OH is 1. The molecular weight excluding hydrogens is 246 g/mol. The first-order valence-corrected chi connectivity index (χ1v) is 5.54. The normalized spacial score (nSPS) is 14.5. The number of halogens is 1. The van der Waals surface area contributed by atoms with Gasteiger partial charge in [0.25, 0.3) is 5.11 Å². The third-order valence-corrected chi connectivity index (χ3v) is 3.00. The van der Waals surface area contributed by atoms with Gasteiger partial charge in [-0.2, -0.15) is 10.4 Å². The van der Waals surface area contributed by atoms with Gasteiger partial charge in [-0.15, -0.1) is 0 Å². The number of hydrogen-bond donors (Lipinski definition) is 3. The highest BCUT2D eigenvalue weighted by Gasteiger charge is 2.32. The molecule has 1 unspecified atom stereocenters. The number of aliphatic hydroxyl groups is 1. The van der Waals surface area contributed by atoms with E-state index in [0.29, 0.717) is 5.02 Å². The molecule has 4 nitrogen and oxygen atoms in total. The van der Waals surface area contributed by atoms with Crippen molar-refractivity contribution in [2.45, 2.75) is 6.92 Å². The Morgan fingerprint density at radius 2 is 2.19 bits per heavy atom. The molecule has 1 aromatic carbocycles. The third-order valence-electron chi connectivity index (χ3n) is 2.43. The summed E-state index contributed by atoms with van der Waals surface area (Å²) >= 11 is 10.8. The second-order valence-electron chi connectivity index (χ2n) is 3.59. The van der Waals surface area contributed by atoms with Crippen molar-refractivity contribution in [1.29, 1.82) is 0 Å². The SMILES string of the molecule is Cc1cc(Cl)ccc1[N+](N)(CCO)C(N)=S. The number of aryl methyl sites for hydroxylation is 1. The Bertz CT molecular complexity index is 413. The van der Waals surface area contributed by atoms with E-state index < -0.39 is 0 Å². The maximum absolute atomic E-state index is 9.02.